The molecule has 5 heteroatoms. The standard InChI is InChI=1S/C60H37N5/c1-4-18-40(19-5-1)58-62-59(41-20-6-2-7-21-41)64-60(63-58)42-33-31-39(32-34-42)50-37-51-54(46-27-13-12-26-45(46)50)56-49(57(61-51)47-29-16-22-38-17-10-11-25-44(38)47)35-36-53-55(56)48-28-14-15-30-52(48)65(53)43-23-8-3-9-24-43/h1-37H. The SMILES string of the molecule is c1ccc(-c2nc(-c3ccccc3)nc(-c3ccc(-c4cc5nc(-c6cccc7ccccc67)c6ccc7c(c8ccccc8n7-c7ccccc7)c6c5c5ccccc45)cc3)n2)cc1. The number of rotatable bonds is 6. The number of fused-ring (bicyclic) bond motifs is 10. The second-order valence-electron chi connectivity index (χ2n) is 16.5. The first-order valence-corrected chi connectivity index (χ1v) is 22.0. The van der Waals surface area contributed by atoms with Gasteiger partial charge in [-0.2, -0.15) is 0 Å². The van der Waals surface area contributed by atoms with Gasteiger partial charge in [0.25, 0.3) is 0 Å². The molecule has 302 valence electrons. The Labute approximate surface area is 374 Å². The molecule has 0 aliphatic heterocycles. The summed E-state index contributed by atoms with van der Waals surface area (Å²) in [6, 6.07) is 79.3. The van der Waals surface area contributed by atoms with Crippen LogP contribution in [-0.2, 0) is 0 Å². The number of aromatic nitrogens is 5. The normalized spacial score (nSPS) is 11.7. The van der Waals surface area contributed by atoms with Gasteiger partial charge in [0.1, 0.15) is 0 Å². The second kappa shape index (κ2) is 14.9. The average Bonchev–Trinajstić information content (AvgIpc) is 3.73. The molecule has 0 fully saturated rings. The van der Waals surface area contributed by atoms with Crippen molar-refractivity contribution in [1.29, 1.82) is 0 Å². The predicted octanol–water partition coefficient (Wildman–Crippen LogP) is 15.3. The molecule has 0 saturated heterocycles. The Balaban J connectivity index is 1.08. The maximum atomic E-state index is 5.72. The van der Waals surface area contributed by atoms with E-state index in [4.69, 9.17) is 19.9 Å². The van der Waals surface area contributed by atoms with Crippen molar-refractivity contribution in [3.63, 3.8) is 0 Å². The summed E-state index contributed by atoms with van der Waals surface area (Å²) in [6.07, 6.45) is 0. The molecule has 3 aromatic heterocycles. The molecule has 65 heavy (non-hydrogen) atoms. The number of para-hydroxylation sites is 2. The van der Waals surface area contributed by atoms with Gasteiger partial charge in [-0.15, -0.1) is 0 Å². The van der Waals surface area contributed by atoms with E-state index in [1.54, 1.807) is 0 Å². The minimum absolute atomic E-state index is 0.624. The Morgan fingerprint density at radius 2 is 0.831 bits per heavy atom. The van der Waals surface area contributed by atoms with Crippen LogP contribution < -0.4 is 0 Å². The summed E-state index contributed by atoms with van der Waals surface area (Å²) in [5.41, 5.74) is 11.5. The molecule has 10 aromatic carbocycles. The van der Waals surface area contributed by atoms with Crippen LogP contribution in [-0.4, -0.2) is 24.5 Å². The monoisotopic (exact) mass is 827 g/mol. The van der Waals surface area contributed by atoms with Crippen LogP contribution in [0, 0.1) is 0 Å². The summed E-state index contributed by atoms with van der Waals surface area (Å²) in [5, 5.41) is 10.6. The number of hydrogen-bond acceptors (Lipinski definition) is 4. The van der Waals surface area contributed by atoms with Crippen molar-refractivity contribution in [1.82, 2.24) is 24.5 Å². The smallest absolute Gasteiger partial charge is 0.164 e. The fourth-order valence-electron chi connectivity index (χ4n) is 9.88. The molecule has 0 radical (unpaired) electrons. The van der Waals surface area contributed by atoms with Gasteiger partial charge in [-0.3, -0.25) is 0 Å². The van der Waals surface area contributed by atoms with Gasteiger partial charge in [0.15, 0.2) is 17.5 Å². The maximum absolute atomic E-state index is 5.72. The van der Waals surface area contributed by atoms with Gasteiger partial charge < -0.3 is 4.57 Å². The molecule has 0 bridgehead atoms. The number of nitrogens with zero attached hydrogens (tertiary/aromatic N) is 5. The molecule has 5 nitrogen and oxygen atoms in total. The van der Waals surface area contributed by atoms with Gasteiger partial charge in [-0.1, -0.05) is 194 Å². The largest absolute Gasteiger partial charge is 0.309 e. The van der Waals surface area contributed by atoms with Crippen molar-refractivity contribution in [2.24, 2.45) is 0 Å². The van der Waals surface area contributed by atoms with E-state index in [0.717, 1.165) is 77.3 Å². The molecule has 0 unspecified atom stereocenters. The van der Waals surface area contributed by atoms with Crippen molar-refractivity contribution < 1.29 is 0 Å². The Morgan fingerprint density at radius 1 is 0.292 bits per heavy atom. The summed E-state index contributed by atoms with van der Waals surface area (Å²) in [7, 11) is 0. The molecule has 3 heterocycles. The van der Waals surface area contributed by atoms with Crippen LogP contribution in [0.15, 0.2) is 224 Å². The summed E-state index contributed by atoms with van der Waals surface area (Å²) >= 11 is 0. The first kappa shape index (κ1) is 36.8. The molecule has 0 amide bonds. The van der Waals surface area contributed by atoms with Crippen LogP contribution >= 0.6 is 0 Å². The van der Waals surface area contributed by atoms with Gasteiger partial charge >= 0.3 is 0 Å². The van der Waals surface area contributed by atoms with Crippen LogP contribution in [0.2, 0.25) is 0 Å². The van der Waals surface area contributed by atoms with Crippen LogP contribution in [0.5, 0.6) is 0 Å². The van der Waals surface area contributed by atoms with E-state index in [0.29, 0.717) is 17.5 Å². The lowest BCUT2D eigenvalue weighted by atomic mass is 9.89. The van der Waals surface area contributed by atoms with Gasteiger partial charge in [-0.05, 0) is 63.0 Å². The zero-order valence-electron chi connectivity index (χ0n) is 35.1. The van der Waals surface area contributed by atoms with Crippen molar-refractivity contribution in [2.75, 3.05) is 0 Å². The van der Waals surface area contributed by atoms with E-state index in [2.05, 4.69) is 168 Å². The van der Waals surface area contributed by atoms with Crippen LogP contribution in [0.3, 0.4) is 0 Å². The maximum Gasteiger partial charge on any atom is 0.164 e. The summed E-state index contributed by atoms with van der Waals surface area (Å²) < 4.78 is 2.41. The fourth-order valence-corrected chi connectivity index (χ4v) is 9.88. The third kappa shape index (κ3) is 6.01. The lowest BCUT2D eigenvalue weighted by Crippen LogP contribution is -2.00. The molecular weight excluding hydrogens is 791 g/mol. The van der Waals surface area contributed by atoms with E-state index >= 15 is 0 Å². The molecule has 0 N–H and O–H groups in total. The zero-order chi connectivity index (χ0) is 42.8. The topological polar surface area (TPSA) is 56.5 Å². The Morgan fingerprint density at radius 3 is 1.52 bits per heavy atom. The molecule has 0 saturated carbocycles. The van der Waals surface area contributed by atoms with E-state index in [1.807, 2.05) is 60.7 Å². The summed E-state index contributed by atoms with van der Waals surface area (Å²) in [5.74, 6) is 1.90. The van der Waals surface area contributed by atoms with Crippen LogP contribution in [0.1, 0.15) is 0 Å². The quantitative estimate of drug-likeness (QED) is 0.157. The Hall–Kier alpha value is -8.80. The van der Waals surface area contributed by atoms with Crippen molar-refractivity contribution in [3.05, 3.63) is 224 Å². The van der Waals surface area contributed by atoms with Gasteiger partial charge in [0, 0.05) is 54.9 Å². The number of pyridine rings is 1. The van der Waals surface area contributed by atoms with Crippen molar-refractivity contribution >= 4 is 65.0 Å². The van der Waals surface area contributed by atoms with E-state index in [-0.39, 0.29) is 0 Å². The highest BCUT2D eigenvalue weighted by molar-refractivity contribution is 6.34. The molecule has 13 rings (SSSR count). The minimum Gasteiger partial charge on any atom is -0.309 e. The first-order valence-electron chi connectivity index (χ1n) is 22.0. The first-order chi connectivity index (χ1) is 32.2. The lowest BCUT2D eigenvalue weighted by Gasteiger charge is -2.17. The van der Waals surface area contributed by atoms with Gasteiger partial charge in [0.05, 0.1) is 22.2 Å². The summed E-state index contributed by atoms with van der Waals surface area (Å²) in [6.45, 7) is 0. The van der Waals surface area contributed by atoms with Crippen molar-refractivity contribution in [3.8, 4) is 62.2 Å². The van der Waals surface area contributed by atoms with Crippen LogP contribution in [0.25, 0.3) is 127 Å². The highest BCUT2D eigenvalue weighted by Gasteiger charge is 2.23. The van der Waals surface area contributed by atoms with Crippen LogP contribution in [0.4, 0.5) is 0 Å². The molecule has 13 aromatic rings. The minimum atomic E-state index is 0.624. The zero-order valence-corrected chi connectivity index (χ0v) is 35.1. The third-order valence-corrected chi connectivity index (χ3v) is 12.8. The molecule has 0 aliphatic carbocycles. The molecule has 0 spiro atoms. The second-order valence-corrected chi connectivity index (χ2v) is 16.5. The predicted molar refractivity (Wildman–Crippen MR) is 269 cm³/mol. The van der Waals surface area contributed by atoms with Gasteiger partial charge in [0.2, 0.25) is 0 Å². The molecule has 0 aliphatic rings. The van der Waals surface area contributed by atoms with E-state index in [9.17, 15) is 0 Å². The molecule has 0 atom stereocenters. The van der Waals surface area contributed by atoms with Crippen molar-refractivity contribution in [2.45, 2.75) is 0 Å². The van der Waals surface area contributed by atoms with E-state index < -0.39 is 0 Å². The summed E-state index contributed by atoms with van der Waals surface area (Å²) in [4.78, 5) is 20.7. The number of hydrogen-bond donors (Lipinski definition) is 0. The number of benzene rings is 10. The molecular formula is C60H37N5. The Bertz CT molecular complexity index is 3910. The Kier molecular flexibility index (Phi) is 8.46. The average molecular weight is 828 g/mol. The van der Waals surface area contributed by atoms with Gasteiger partial charge in [-0.25, -0.2) is 19.9 Å². The highest BCUT2D eigenvalue weighted by Crippen LogP contribution is 2.46. The lowest BCUT2D eigenvalue weighted by molar-refractivity contribution is 1.07. The van der Waals surface area contributed by atoms with E-state index in [1.165, 1.54) is 32.4 Å². The third-order valence-electron chi connectivity index (χ3n) is 12.8. The highest BCUT2D eigenvalue weighted by atomic mass is 15.0. The fraction of sp³-hybridized carbons (Fsp3) is 0.